The van der Waals surface area contributed by atoms with E-state index in [9.17, 15) is 0 Å². The Bertz CT molecular complexity index is 308. The Labute approximate surface area is 83.8 Å². The number of rotatable bonds is 3. The molecule has 2 rings (SSSR count). The van der Waals surface area contributed by atoms with Gasteiger partial charge in [-0.25, -0.2) is 4.98 Å². The summed E-state index contributed by atoms with van der Waals surface area (Å²) in [6, 6.07) is 5.85. The fourth-order valence-electron chi connectivity index (χ4n) is 1.40. The lowest BCUT2D eigenvalue weighted by molar-refractivity contribution is 0.150. The van der Waals surface area contributed by atoms with Crippen molar-refractivity contribution in [3.63, 3.8) is 0 Å². The summed E-state index contributed by atoms with van der Waals surface area (Å²) in [5, 5.41) is 3.25. The Kier molecular flexibility index (Phi) is 3.14. The fourth-order valence-corrected chi connectivity index (χ4v) is 1.40. The fraction of sp³-hybridized carbons (Fsp3) is 0.364. The highest BCUT2D eigenvalue weighted by molar-refractivity contribution is 5.35. The molecule has 0 fully saturated rings. The minimum absolute atomic E-state index is 0.750. The zero-order chi connectivity index (χ0) is 9.64. The van der Waals surface area contributed by atoms with Crippen molar-refractivity contribution in [1.29, 1.82) is 0 Å². The number of aromatic nitrogens is 1. The van der Waals surface area contributed by atoms with Gasteiger partial charge in [0.2, 0.25) is 0 Å². The maximum absolute atomic E-state index is 5.34. The molecule has 0 bridgehead atoms. The second-order valence-corrected chi connectivity index (χ2v) is 3.27. The van der Waals surface area contributed by atoms with Crippen LogP contribution in [-0.2, 0) is 4.74 Å². The van der Waals surface area contributed by atoms with E-state index in [4.69, 9.17) is 4.74 Å². The van der Waals surface area contributed by atoms with E-state index in [-0.39, 0.29) is 0 Å². The molecule has 1 aliphatic rings. The van der Waals surface area contributed by atoms with Crippen molar-refractivity contribution in [2.45, 2.75) is 6.42 Å². The van der Waals surface area contributed by atoms with Gasteiger partial charge in [0.05, 0.1) is 13.2 Å². The highest BCUT2D eigenvalue weighted by atomic mass is 16.5. The number of ether oxygens (including phenoxy) is 1. The number of hydrogen-bond donors (Lipinski definition) is 1. The number of nitrogens with zero attached hydrogens (tertiary/aromatic N) is 1. The lowest BCUT2D eigenvalue weighted by Gasteiger charge is -2.14. The number of hydrogen-bond acceptors (Lipinski definition) is 3. The monoisotopic (exact) mass is 190 g/mol. The molecular weight excluding hydrogens is 176 g/mol. The minimum Gasteiger partial charge on any atom is -0.377 e. The van der Waals surface area contributed by atoms with Crippen molar-refractivity contribution in [2.75, 3.05) is 25.1 Å². The molecule has 0 unspecified atom stereocenters. The zero-order valence-corrected chi connectivity index (χ0v) is 8.07. The van der Waals surface area contributed by atoms with E-state index in [0.717, 1.165) is 32.0 Å². The number of pyridine rings is 1. The van der Waals surface area contributed by atoms with Crippen molar-refractivity contribution in [3.8, 4) is 0 Å². The molecule has 1 N–H and O–H groups in total. The van der Waals surface area contributed by atoms with Crippen LogP contribution in [0.1, 0.15) is 6.42 Å². The van der Waals surface area contributed by atoms with Crippen molar-refractivity contribution in [1.82, 2.24) is 4.98 Å². The van der Waals surface area contributed by atoms with E-state index in [2.05, 4.69) is 16.4 Å². The SMILES string of the molecule is C1=C(CNc2ccccn2)COCC1. The molecule has 74 valence electrons. The first-order valence-corrected chi connectivity index (χ1v) is 4.86. The third-order valence-electron chi connectivity index (χ3n) is 2.14. The summed E-state index contributed by atoms with van der Waals surface area (Å²) in [5.74, 6) is 0.916. The second-order valence-electron chi connectivity index (χ2n) is 3.27. The maximum Gasteiger partial charge on any atom is 0.126 e. The smallest absolute Gasteiger partial charge is 0.126 e. The molecule has 1 aliphatic heterocycles. The van der Waals surface area contributed by atoms with Crippen LogP contribution < -0.4 is 5.32 Å². The molecule has 1 aromatic rings. The van der Waals surface area contributed by atoms with Gasteiger partial charge in [-0.15, -0.1) is 0 Å². The molecule has 0 radical (unpaired) electrons. The molecule has 0 saturated heterocycles. The van der Waals surface area contributed by atoms with E-state index >= 15 is 0 Å². The number of anilines is 1. The molecule has 0 spiro atoms. The first kappa shape index (κ1) is 9.21. The molecule has 0 saturated carbocycles. The highest BCUT2D eigenvalue weighted by Gasteiger charge is 2.02. The molecule has 3 nitrogen and oxygen atoms in total. The van der Waals surface area contributed by atoms with Gasteiger partial charge in [0.1, 0.15) is 5.82 Å². The summed E-state index contributed by atoms with van der Waals surface area (Å²) in [7, 11) is 0. The van der Waals surface area contributed by atoms with Crippen molar-refractivity contribution in [2.24, 2.45) is 0 Å². The van der Waals surface area contributed by atoms with Crippen LogP contribution in [0.5, 0.6) is 0 Å². The summed E-state index contributed by atoms with van der Waals surface area (Å²) in [6.45, 7) is 2.43. The Morgan fingerprint density at radius 3 is 3.14 bits per heavy atom. The van der Waals surface area contributed by atoms with Crippen LogP contribution in [0, 0.1) is 0 Å². The molecule has 1 aromatic heterocycles. The first-order valence-electron chi connectivity index (χ1n) is 4.86. The Morgan fingerprint density at radius 2 is 2.43 bits per heavy atom. The number of nitrogens with one attached hydrogen (secondary N) is 1. The van der Waals surface area contributed by atoms with Crippen molar-refractivity contribution in [3.05, 3.63) is 36.0 Å². The highest BCUT2D eigenvalue weighted by Crippen LogP contribution is 2.07. The maximum atomic E-state index is 5.34. The molecule has 0 aromatic carbocycles. The lowest BCUT2D eigenvalue weighted by Crippen LogP contribution is -2.14. The molecule has 0 amide bonds. The van der Waals surface area contributed by atoms with Gasteiger partial charge < -0.3 is 10.1 Å². The third-order valence-corrected chi connectivity index (χ3v) is 2.14. The summed E-state index contributed by atoms with van der Waals surface area (Å²) >= 11 is 0. The van der Waals surface area contributed by atoms with Gasteiger partial charge in [-0.2, -0.15) is 0 Å². The average Bonchev–Trinajstić information content (AvgIpc) is 2.29. The van der Waals surface area contributed by atoms with Crippen LogP contribution >= 0.6 is 0 Å². The average molecular weight is 190 g/mol. The summed E-state index contributed by atoms with van der Waals surface area (Å²) in [4.78, 5) is 4.18. The van der Waals surface area contributed by atoms with Crippen LogP contribution in [-0.4, -0.2) is 24.7 Å². The Balaban J connectivity index is 1.85. The van der Waals surface area contributed by atoms with E-state index in [1.807, 2.05) is 18.2 Å². The lowest BCUT2D eigenvalue weighted by atomic mass is 10.2. The van der Waals surface area contributed by atoms with Crippen LogP contribution in [0.15, 0.2) is 36.0 Å². The second kappa shape index (κ2) is 4.77. The van der Waals surface area contributed by atoms with Gasteiger partial charge >= 0.3 is 0 Å². The van der Waals surface area contributed by atoms with E-state index in [1.54, 1.807) is 6.20 Å². The van der Waals surface area contributed by atoms with Gasteiger partial charge in [0.25, 0.3) is 0 Å². The minimum atomic E-state index is 0.750. The van der Waals surface area contributed by atoms with Crippen LogP contribution in [0.4, 0.5) is 5.82 Å². The molecule has 0 atom stereocenters. The van der Waals surface area contributed by atoms with Gasteiger partial charge in [-0.05, 0) is 24.1 Å². The largest absolute Gasteiger partial charge is 0.377 e. The van der Waals surface area contributed by atoms with E-state index in [1.165, 1.54) is 5.57 Å². The third kappa shape index (κ3) is 2.57. The molecule has 0 aliphatic carbocycles. The van der Waals surface area contributed by atoms with Gasteiger partial charge in [-0.3, -0.25) is 0 Å². The standard InChI is InChI=1S/C11H14N2O/c1-2-6-12-11(5-1)13-8-10-4-3-7-14-9-10/h1-2,4-6H,3,7-9H2,(H,12,13). The van der Waals surface area contributed by atoms with Crippen molar-refractivity contribution < 1.29 is 4.74 Å². The predicted octanol–water partition coefficient (Wildman–Crippen LogP) is 1.84. The Hall–Kier alpha value is -1.35. The van der Waals surface area contributed by atoms with Gasteiger partial charge in [0.15, 0.2) is 0 Å². The molecule has 2 heterocycles. The molecular formula is C11H14N2O. The normalized spacial score (nSPS) is 16.1. The van der Waals surface area contributed by atoms with E-state index in [0.29, 0.717) is 0 Å². The summed E-state index contributed by atoms with van der Waals surface area (Å²) in [5.41, 5.74) is 1.31. The van der Waals surface area contributed by atoms with E-state index < -0.39 is 0 Å². The summed E-state index contributed by atoms with van der Waals surface area (Å²) < 4.78 is 5.34. The zero-order valence-electron chi connectivity index (χ0n) is 8.07. The van der Waals surface area contributed by atoms with Crippen molar-refractivity contribution >= 4 is 5.82 Å². The molecule has 3 heteroatoms. The Morgan fingerprint density at radius 1 is 1.43 bits per heavy atom. The first-order chi connectivity index (χ1) is 6.95. The molecule has 14 heavy (non-hydrogen) atoms. The van der Waals surface area contributed by atoms with Crippen LogP contribution in [0.2, 0.25) is 0 Å². The van der Waals surface area contributed by atoms with Gasteiger partial charge in [-0.1, -0.05) is 12.1 Å². The van der Waals surface area contributed by atoms with Crippen LogP contribution in [0.25, 0.3) is 0 Å². The topological polar surface area (TPSA) is 34.2 Å². The summed E-state index contributed by atoms with van der Waals surface area (Å²) in [6.07, 6.45) is 5.05. The van der Waals surface area contributed by atoms with Gasteiger partial charge in [0, 0.05) is 12.7 Å². The quantitative estimate of drug-likeness (QED) is 0.738. The predicted molar refractivity (Wildman–Crippen MR) is 56.2 cm³/mol. The van der Waals surface area contributed by atoms with Crippen LogP contribution in [0.3, 0.4) is 0 Å².